The normalized spacial score (nSPS) is 42.9. The zero-order chi connectivity index (χ0) is 11.7. The van der Waals surface area contributed by atoms with Crippen LogP contribution in [-0.4, -0.2) is 49.0 Å². The van der Waals surface area contributed by atoms with Crippen molar-refractivity contribution in [3.8, 4) is 0 Å². The van der Waals surface area contributed by atoms with E-state index in [-0.39, 0.29) is 5.41 Å². The molecule has 2 saturated heterocycles. The first kappa shape index (κ1) is 11.9. The standard InChI is InChI=1S/C14H25NO2/c16-10-14(6-8-17-11-14)9-15-7-5-12-3-1-2-4-13(12)15/h12-13,16H,1-11H2. The van der Waals surface area contributed by atoms with Crippen molar-refractivity contribution in [2.75, 3.05) is 32.9 Å². The van der Waals surface area contributed by atoms with Crippen molar-refractivity contribution in [3.63, 3.8) is 0 Å². The maximum atomic E-state index is 9.67. The second-order valence-corrected chi connectivity index (χ2v) is 6.33. The van der Waals surface area contributed by atoms with Crippen LogP contribution in [0.1, 0.15) is 38.5 Å². The summed E-state index contributed by atoms with van der Waals surface area (Å²) >= 11 is 0. The first-order valence-corrected chi connectivity index (χ1v) is 7.26. The van der Waals surface area contributed by atoms with E-state index in [1.807, 2.05) is 0 Å². The number of hydrogen-bond donors (Lipinski definition) is 1. The quantitative estimate of drug-likeness (QED) is 0.813. The van der Waals surface area contributed by atoms with E-state index in [0.29, 0.717) is 6.61 Å². The number of aliphatic hydroxyl groups is 1. The molecule has 3 heteroatoms. The largest absolute Gasteiger partial charge is 0.396 e. The van der Waals surface area contributed by atoms with Gasteiger partial charge in [0, 0.05) is 24.6 Å². The molecule has 3 nitrogen and oxygen atoms in total. The zero-order valence-electron chi connectivity index (χ0n) is 10.7. The Morgan fingerprint density at radius 1 is 1.24 bits per heavy atom. The van der Waals surface area contributed by atoms with Gasteiger partial charge in [0.15, 0.2) is 0 Å². The average Bonchev–Trinajstić information content (AvgIpc) is 2.99. The van der Waals surface area contributed by atoms with Gasteiger partial charge in [-0.15, -0.1) is 0 Å². The van der Waals surface area contributed by atoms with E-state index in [2.05, 4.69) is 4.90 Å². The second-order valence-electron chi connectivity index (χ2n) is 6.33. The highest BCUT2D eigenvalue weighted by Crippen LogP contribution is 2.39. The summed E-state index contributed by atoms with van der Waals surface area (Å²) in [5, 5.41) is 9.67. The summed E-state index contributed by atoms with van der Waals surface area (Å²) in [6.07, 6.45) is 8.07. The predicted octanol–water partition coefficient (Wildman–Crippen LogP) is 1.65. The lowest BCUT2D eigenvalue weighted by Gasteiger charge is -2.37. The van der Waals surface area contributed by atoms with E-state index in [1.165, 1.54) is 38.6 Å². The van der Waals surface area contributed by atoms with Gasteiger partial charge in [-0.2, -0.15) is 0 Å². The summed E-state index contributed by atoms with van der Waals surface area (Å²) in [6, 6.07) is 0.813. The molecule has 1 N–H and O–H groups in total. The van der Waals surface area contributed by atoms with Gasteiger partial charge >= 0.3 is 0 Å². The molecule has 2 heterocycles. The van der Waals surface area contributed by atoms with Gasteiger partial charge in [-0.05, 0) is 38.1 Å². The van der Waals surface area contributed by atoms with E-state index in [9.17, 15) is 5.11 Å². The molecule has 0 aromatic heterocycles. The third kappa shape index (κ3) is 2.25. The maximum Gasteiger partial charge on any atom is 0.0557 e. The molecule has 3 fully saturated rings. The van der Waals surface area contributed by atoms with Crippen LogP contribution < -0.4 is 0 Å². The van der Waals surface area contributed by atoms with Gasteiger partial charge in [0.2, 0.25) is 0 Å². The van der Waals surface area contributed by atoms with E-state index >= 15 is 0 Å². The molecule has 0 spiro atoms. The minimum Gasteiger partial charge on any atom is -0.396 e. The molecule has 0 radical (unpaired) electrons. The number of fused-ring (bicyclic) bond motifs is 1. The molecule has 0 aromatic carbocycles. The molecule has 3 aliphatic rings. The second kappa shape index (κ2) is 4.87. The van der Waals surface area contributed by atoms with Crippen LogP contribution in [0.4, 0.5) is 0 Å². The molecule has 0 bridgehead atoms. The predicted molar refractivity (Wildman–Crippen MR) is 66.9 cm³/mol. The molecular weight excluding hydrogens is 214 g/mol. The molecule has 3 unspecified atom stereocenters. The molecule has 1 aliphatic carbocycles. The van der Waals surface area contributed by atoms with E-state index in [4.69, 9.17) is 4.74 Å². The lowest BCUT2D eigenvalue weighted by atomic mass is 9.83. The summed E-state index contributed by atoms with van der Waals surface area (Å²) in [7, 11) is 0. The summed E-state index contributed by atoms with van der Waals surface area (Å²) in [4.78, 5) is 2.66. The summed E-state index contributed by atoms with van der Waals surface area (Å²) in [5.74, 6) is 0.946. The Balaban J connectivity index is 1.64. The monoisotopic (exact) mass is 239 g/mol. The Kier molecular flexibility index (Phi) is 3.42. The molecule has 98 valence electrons. The minimum atomic E-state index is 0.0480. The number of rotatable bonds is 3. The zero-order valence-corrected chi connectivity index (χ0v) is 10.7. The van der Waals surface area contributed by atoms with Gasteiger partial charge in [0.1, 0.15) is 0 Å². The van der Waals surface area contributed by atoms with Gasteiger partial charge in [-0.1, -0.05) is 12.8 Å². The van der Waals surface area contributed by atoms with Crippen LogP contribution in [0.5, 0.6) is 0 Å². The minimum absolute atomic E-state index is 0.0480. The SMILES string of the molecule is OCC1(CN2CCC3CCCCC32)CCOC1. The van der Waals surface area contributed by atoms with Gasteiger partial charge in [0.05, 0.1) is 13.2 Å². The fourth-order valence-corrected chi connectivity index (χ4v) is 4.08. The molecule has 3 atom stereocenters. The van der Waals surface area contributed by atoms with Crippen LogP contribution in [0, 0.1) is 11.3 Å². The highest BCUT2D eigenvalue weighted by Gasteiger charge is 2.42. The fraction of sp³-hybridized carbons (Fsp3) is 1.00. The molecule has 0 aromatic rings. The lowest BCUT2D eigenvalue weighted by Crippen LogP contribution is -2.44. The van der Waals surface area contributed by atoms with Crippen molar-refractivity contribution >= 4 is 0 Å². The third-order valence-electron chi connectivity index (χ3n) is 5.18. The summed E-state index contributed by atoms with van der Waals surface area (Å²) < 4.78 is 5.51. The molecule has 0 amide bonds. The van der Waals surface area contributed by atoms with Gasteiger partial charge in [0.25, 0.3) is 0 Å². The van der Waals surface area contributed by atoms with Crippen LogP contribution in [0.15, 0.2) is 0 Å². The van der Waals surface area contributed by atoms with Crippen LogP contribution >= 0.6 is 0 Å². The lowest BCUT2D eigenvalue weighted by molar-refractivity contribution is 0.0442. The van der Waals surface area contributed by atoms with E-state index in [0.717, 1.165) is 38.1 Å². The molecule has 17 heavy (non-hydrogen) atoms. The van der Waals surface area contributed by atoms with Crippen molar-refractivity contribution in [2.45, 2.75) is 44.6 Å². The van der Waals surface area contributed by atoms with Crippen molar-refractivity contribution in [1.82, 2.24) is 4.90 Å². The molecule has 1 saturated carbocycles. The Bertz CT molecular complexity index is 263. The fourth-order valence-electron chi connectivity index (χ4n) is 4.08. The van der Waals surface area contributed by atoms with E-state index in [1.54, 1.807) is 0 Å². The number of hydrogen-bond acceptors (Lipinski definition) is 3. The Morgan fingerprint density at radius 2 is 2.12 bits per heavy atom. The van der Waals surface area contributed by atoms with Gasteiger partial charge in [-0.25, -0.2) is 0 Å². The van der Waals surface area contributed by atoms with Crippen LogP contribution in [0.2, 0.25) is 0 Å². The van der Waals surface area contributed by atoms with Crippen molar-refractivity contribution in [2.24, 2.45) is 11.3 Å². The van der Waals surface area contributed by atoms with Crippen LogP contribution in [0.25, 0.3) is 0 Å². The number of likely N-dealkylation sites (tertiary alicyclic amines) is 1. The van der Waals surface area contributed by atoms with Gasteiger partial charge < -0.3 is 9.84 Å². The first-order valence-electron chi connectivity index (χ1n) is 7.26. The molecule has 2 aliphatic heterocycles. The van der Waals surface area contributed by atoms with Crippen LogP contribution in [0.3, 0.4) is 0 Å². The van der Waals surface area contributed by atoms with Crippen molar-refractivity contribution < 1.29 is 9.84 Å². The summed E-state index contributed by atoms with van der Waals surface area (Å²) in [6.45, 7) is 4.20. The van der Waals surface area contributed by atoms with Gasteiger partial charge in [-0.3, -0.25) is 4.90 Å². The Morgan fingerprint density at radius 3 is 2.88 bits per heavy atom. The third-order valence-corrected chi connectivity index (χ3v) is 5.18. The number of ether oxygens (including phenoxy) is 1. The summed E-state index contributed by atoms with van der Waals surface area (Å²) in [5.41, 5.74) is 0.0480. The smallest absolute Gasteiger partial charge is 0.0557 e. The van der Waals surface area contributed by atoms with Crippen LogP contribution in [-0.2, 0) is 4.74 Å². The molecule has 3 rings (SSSR count). The van der Waals surface area contributed by atoms with Crippen molar-refractivity contribution in [3.05, 3.63) is 0 Å². The average molecular weight is 239 g/mol. The van der Waals surface area contributed by atoms with E-state index < -0.39 is 0 Å². The Labute approximate surface area is 104 Å². The molecular formula is C14H25NO2. The maximum absolute atomic E-state index is 9.67. The first-order chi connectivity index (χ1) is 8.33. The topological polar surface area (TPSA) is 32.7 Å². The number of nitrogens with zero attached hydrogens (tertiary/aromatic N) is 1. The Hall–Kier alpha value is -0.120. The highest BCUT2D eigenvalue weighted by atomic mass is 16.5. The number of aliphatic hydroxyl groups excluding tert-OH is 1. The van der Waals surface area contributed by atoms with Crippen molar-refractivity contribution in [1.29, 1.82) is 0 Å². The highest BCUT2D eigenvalue weighted by molar-refractivity contribution is 4.94.